The number of para-hydroxylation sites is 1. The monoisotopic (exact) mass is 159 g/mol. The number of H-pyrrole nitrogens is 1. The highest BCUT2D eigenvalue weighted by Gasteiger charge is 2.00. The van der Waals surface area contributed by atoms with Gasteiger partial charge in [0.15, 0.2) is 0 Å². The molecular weight excluding hydrogens is 150 g/mol. The molecule has 0 aliphatic rings. The Labute approximate surface area is 70.2 Å². The molecule has 0 radical (unpaired) electrons. The van der Waals surface area contributed by atoms with Crippen LogP contribution in [0.5, 0.6) is 0 Å². The van der Waals surface area contributed by atoms with E-state index in [1.54, 1.807) is 0 Å². The van der Waals surface area contributed by atoms with Gasteiger partial charge >= 0.3 is 0 Å². The van der Waals surface area contributed by atoms with E-state index in [2.05, 4.69) is 4.98 Å². The van der Waals surface area contributed by atoms with Crippen molar-refractivity contribution in [3.05, 3.63) is 36.0 Å². The average molecular weight is 159 g/mol. The van der Waals surface area contributed by atoms with Gasteiger partial charge in [-0.05, 0) is 11.6 Å². The van der Waals surface area contributed by atoms with Gasteiger partial charge in [0.25, 0.3) is 0 Å². The highest BCUT2D eigenvalue weighted by Crippen LogP contribution is 2.16. The molecule has 1 N–H and O–H groups in total. The molecule has 2 rings (SSSR count). The number of hydrogen-bond acceptors (Lipinski definition) is 1. The summed E-state index contributed by atoms with van der Waals surface area (Å²) in [6.45, 7) is 0. The molecule has 0 aliphatic heterocycles. The number of carbonyl (C=O) groups excluding carboxylic acids is 1. The van der Waals surface area contributed by atoms with E-state index >= 15 is 0 Å². The minimum absolute atomic E-state index is 0.490. The Morgan fingerprint density at radius 2 is 2.17 bits per heavy atom. The van der Waals surface area contributed by atoms with Crippen LogP contribution in [0.2, 0.25) is 0 Å². The zero-order chi connectivity index (χ0) is 8.39. The van der Waals surface area contributed by atoms with Crippen molar-refractivity contribution in [2.45, 2.75) is 6.42 Å². The van der Waals surface area contributed by atoms with Crippen molar-refractivity contribution in [1.82, 2.24) is 4.98 Å². The first-order valence-corrected chi connectivity index (χ1v) is 3.90. The summed E-state index contributed by atoms with van der Waals surface area (Å²) in [7, 11) is 0. The van der Waals surface area contributed by atoms with E-state index in [9.17, 15) is 4.79 Å². The van der Waals surface area contributed by atoms with Crippen molar-refractivity contribution in [3.8, 4) is 0 Å². The lowest BCUT2D eigenvalue weighted by Crippen LogP contribution is -1.81. The van der Waals surface area contributed by atoms with Crippen molar-refractivity contribution in [2.75, 3.05) is 0 Å². The second kappa shape index (κ2) is 2.81. The third-order valence-corrected chi connectivity index (χ3v) is 1.98. The fraction of sp³-hybridized carbons (Fsp3) is 0.100. The molecule has 0 aliphatic carbocycles. The van der Waals surface area contributed by atoms with E-state index in [1.807, 2.05) is 30.5 Å². The molecule has 0 atom stereocenters. The number of nitrogens with one attached hydrogen (secondary N) is 1. The van der Waals surface area contributed by atoms with Crippen LogP contribution in [0.25, 0.3) is 10.9 Å². The van der Waals surface area contributed by atoms with Crippen LogP contribution in [0.3, 0.4) is 0 Å². The Balaban J connectivity index is 2.62. The van der Waals surface area contributed by atoms with Crippen LogP contribution >= 0.6 is 0 Å². The molecule has 0 amide bonds. The molecule has 1 aromatic carbocycles. The predicted octanol–water partition coefficient (Wildman–Crippen LogP) is 1.91. The lowest BCUT2D eigenvalue weighted by atomic mass is 10.1. The molecule has 0 bridgehead atoms. The largest absolute Gasteiger partial charge is 0.361 e. The van der Waals surface area contributed by atoms with Crippen molar-refractivity contribution >= 4 is 17.2 Å². The maximum absolute atomic E-state index is 10.3. The molecule has 2 aromatic rings. The summed E-state index contributed by atoms with van der Waals surface area (Å²) in [6.07, 6.45) is 3.30. The van der Waals surface area contributed by atoms with Crippen molar-refractivity contribution in [1.29, 1.82) is 0 Å². The smallest absolute Gasteiger partial charge is 0.124 e. The number of benzene rings is 1. The van der Waals surface area contributed by atoms with Crippen molar-refractivity contribution < 1.29 is 4.79 Å². The number of carbonyl (C=O) groups is 1. The molecule has 0 unspecified atom stereocenters. The number of aldehydes is 1. The lowest BCUT2D eigenvalue weighted by Gasteiger charge is -1.90. The van der Waals surface area contributed by atoms with Gasteiger partial charge in [-0.3, -0.25) is 0 Å². The molecule has 2 nitrogen and oxygen atoms in total. The quantitative estimate of drug-likeness (QED) is 0.667. The summed E-state index contributed by atoms with van der Waals surface area (Å²) in [6, 6.07) is 7.97. The minimum atomic E-state index is 0.490. The molecule has 1 aromatic heterocycles. The first-order chi connectivity index (χ1) is 5.92. The second-order valence-electron chi connectivity index (χ2n) is 2.73. The third-order valence-electron chi connectivity index (χ3n) is 1.98. The standard InChI is InChI=1S/C10H9NO/c12-6-5-8-7-11-10-4-2-1-3-9(8)10/h1-4,6-7,11H,5H2. The molecule has 1 heterocycles. The Morgan fingerprint density at radius 3 is 3.00 bits per heavy atom. The van der Waals surface area contributed by atoms with Gasteiger partial charge in [0, 0.05) is 23.5 Å². The van der Waals surface area contributed by atoms with E-state index in [1.165, 1.54) is 0 Å². The van der Waals surface area contributed by atoms with Gasteiger partial charge < -0.3 is 9.78 Å². The van der Waals surface area contributed by atoms with Gasteiger partial charge in [-0.15, -0.1) is 0 Å². The van der Waals surface area contributed by atoms with Crippen LogP contribution in [0.15, 0.2) is 30.5 Å². The number of aromatic amines is 1. The Bertz CT molecular complexity index is 403. The predicted molar refractivity (Wildman–Crippen MR) is 48.1 cm³/mol. The number of rotatable bonds is 2. The summed E-state index contributed by atoms with van der Waals surface area (Å²) in [4.78, 5) is 13.4. The molecule has 0 fully saturated rings. The van der Waals surface area contributed by atoms with Gasteiger partial charge in [0.1, 0.15) is 6.29 Å². The van der Waals surface area contributed by atoms with Crippen molar-refractivity contribution in [3.63, 3.8) is 0 Å². The van der Waals surface area contributed by atoms with Gasteiger partial charge in [-0.1, -0.05) is 18.2 Å². The zero-order valence-corrected chi connectivity index (χ0v) is 6.58. The van der Waals surface area contributed by atoms with Crippen LogP contribution in [-0.2, 0) is 11.2 Å². The van der Waals surface area contributed by atoms with Gasteiger partial charge in [-0.25, -0.2) is 0 Å². The Hall–Kier alpha value is -1.57. The first-order valence-electron chi connectivity index (χ1n) is 3.90. The van der Waals surface area contributed by atoms with Gasteiger partial charge in [-0.2, -0.15) is 0 Å². The van der Waals surface area contributed by atoms with Crippen LogP contribution in [0, 0.1) is 0 Å². The van der Waals surface area contributed by atoms with E-state index < -0.39 is 0 Å². The molecule has 0 spiro atoms. The van der Waals surface area contributed by atoms with Crippen LogP contribution in [0.4, 0.5) is 0 Å². The molecule has 12 heavy (non-hydrogen) atoms. The Kier molecular flexibility index (Phi) is 1.67. The summed E-state index contributed by atoms with van der Waals surface area (Å²) < 4.78 is 0. The van der Waals surface area contributed by atoms with Crippen LogP contribution in [-0.4, -0.2) is 11.3 Å². The number of fused-ring (bicyclic) bond motifs is 1. The number of hydrogen-bond donors (Lipinski definition) is 1. The van der Waals surface area contributed by atoms with Gasteiger partial charge in [0.05, 0.1) is 0 Å². The fourth-order valence-corrected chi connectivity index (χ4v) is 1.39. The first kappa shape index (κ1) is 7.10. The molecule has 60 valence electrons. The third kappa shape index (κ3) is 1.01. The van der Waals surface area contributed by atoms with E-state index in [4.69, 9.17) is 0 Å². The lowest BCUT2D eigenvalue weighted by molar-refractivity contribution is -0.107. The maximum Gasteiger partial charge on any atom is 0.124 e. The van der Waals surface area contributed by atoms with E-state index in [0.717, 1.165) is 22.8 Å². The van der Waals surface area contributed by atoms with Gasteiger partial charge in [0.2, 0.25) is 0 Å². The molecule has 0 saturated heterocycles. The second-order valence-corrected chi connectivity index (χ2v) is 2.73. The van der Waals surface area contributed by atoms with Crippen LogP contribution in [0.1, 0.15) is 5.56 Å². The van der Waals surface area contributed by atoms with E-state index in [0.29, 0.717) is 6.42 Å². The minimum Gasteiger partial charge on any atom is -0.361 e. The summed E-state index contributed by atoms with van der Waals surface area (Å²) in [5, 5.41) is 1.14. The highest BCUT2D eigenvalue weighted by molar-refractivity contribution is 5.84. The van der Waals surface area contributed by atoms with Crippen molar-refractivity contribution in [2.24, 2.45) is 0 Å². The summed E-state index contributed by atoms with van der Waals surface area (Å²) in [5.74, 6) is 0. The molecule has 2 heteroatoms. The normalized spacial score (nSPS) is 10.3. The SMILES string of the molecule is O=CCc1c[nH]c2ccccc12. The summed E-state index contributed by atoms with van der Waals surface area (Å²) >= 11 is 0. The zero-order valence-electron chi connectivity index (χ0n) is 6.58. The number of aromatic nitrogens is 1. The van der Waals surface area contributed by atoms with Crippen LogP contribution < -0.4 is 0 Å². The molecular formula is C10H9NO. The summed E-state index contributed by atoms with van der Waals surface area (Å²) in [5.41, 5.74) is 2.16. The topological polar surface area (TPSA) is 32.9 Å². The Morgan fingerprint density at radius 1 is 1.33 bits per heavy atom. The maximum atomic E-state index is 10.3. The average Bonchev–Trinajstić information content (AvgIpc) is 2.50. The molecule has 0 saturated carbocycles. The fourth-order valence-electron chi connectivity index (χ4n) is 1.39. The van der Waals surface area contributed by atoms with E-state index in [-0.39, 0.29) is 0 Å². The highest BCUT2D eigenvalue weighted by atomic mass is 16.1.